The normalized spacial score (nSPS) is 13.8. The van der Waals surface area contributed by atoms with Crippen molar-refractivity contribution in [3.63, 3.8) is 0 Å². The van der Waals surface area contributed by atoms with E-state index in [9.17, 15) is 9.60 Å². The maximum atomic E-state index is 10.6. The van der Waals surface area contributed by atoms with Gasteiger partial charge in [0.2, 0.25) is 0 Å². The van der Waals surface area contributed by atoms with Crippen molar-refractivity contribution in [2.24, 2.45) is 0 Å². The van der Waals surface area contributed by atoms with Gasteiger partial charge in [-0.15, -0.1) is 22.7 Å². The molecule has 0 saturated heterocycles. The van der Waals surface area contributed by atoms with Crippen molar-refractivity contribution in [2.45, 2.75) is 78.6 Å². The van der Waals surface area contributed by atoms with Crippen LogP contribution < -0.4 is 26.2 Å². The molecule has 0 atom stereocenters. The SMILES string of the molecule is [2H]c1c([2H])c([2H])c2c(c1[2H])c1c([2H])c(-c3cccc(-c4ccccc4)c3)c([2H])c([2H])c1n2-c1ccc2c(c1)N(c1c(-c3ccccc3)cc(-c3ccccc3)c3sc4ccccc4c13)c1cc(C(C)(C)C)cc3c1B2c1ccc(-c2cc(C(C)(C)C)cc(C(C)(C)C)c2)cc1N3c1c(-c2ccccc2)cc(-c2ccccc2)c2sc3ccccc3c12. The van der Waals surface area contributed by atoms with Crippen LogP contribution in [0.1, 0.15) is 88.6 Å². The largest absolute Gasteiger partial charge is 0.310 e. The molecule has 16 aromatic carbocycles. The zero-order chi connectivity index (χ0) is 83.1. The number of fused-ring (bicyclic) bond motifs is 13. The smallest absolute Gasteiger partial charge is 0.252 e. The predicted molar refractivity (Wildman–Crippen MR) is 495 cm³/mol. The molecule has 2 aliphatic heterocycles. The number of hydrogen-bond acceptors (Lipinski definition) is 4. The lowest BCUT2D eigenvalue weighted by molar-refractivity contribution is 0.569. The number of aromatic nitrogens is 1. The quantitative estimate of drug-likeness (QED) is 0.126. The zero-order valence-electron chi connectivity index (χ0n) is 72.1. The molecule has 19 aromatic rings. The minimum absolute atomic E-state index is 0.104. The molecule has 0 N–H and O–H groups in total. The number of rotatable bonds is 10. The minimum atomic E-state index is -0.493. The average Bonchev–Trinajstić information content (AvgIpc) is 1.58. The molecule has 5 heterocycles. The molecule has 0 fully saturated rings. The van der Waals surface area contributed by atoms with E-state index in [1.165, 1.54) is 20.5 Å². The summed E-state index contributed by atoms with van der Waals surface area (Å²) < 4.78 is 77.1. The van der Waals surface area contributed by atoms with Gasteiger partial charge in [0.25, 0.3) is 6.71 Å². The van der Waals surface area contributed by atoms with Gasteiger partial charge in [0.1, 0.15) is 0 Å². The van der Waals surface area contributed by atoms with E-state index in [0.29, 0.717) is 11.3 Å². The fraction of sp³-hybridized carbons (Fsp3) is 0.111. The van der Waals surface area contributed by atoms with Crippen molar-refractivity contribution in [1.29, 1.82) is 0 Å². The van der Waals surface area contributed by atoms with E-state index in [4.69, 9.17) is 0 Å². The lowest BCUT2D eigenvalue weighted by Crippen LogP contribution is -2.61. The summed E-state index contributed by atoms with van der Waals surface area (Å²) in [4.78, 5) is 5.22. The second-order valence-corrected chi connectivity index (χ2v) is 35.9. The topological polar surface area (TPSA) is 11.4 Å². The Morgan fingerprint density at radius 3 is 1.24 bits per heavy atom. The molecular weight excluding hydrogens is 1410 g/mol. The van der Waals surface area contributed by atoms with E-state index < -0.39 is 24.2 Å². The summed E-state index contributed by atoms with van der Waals surface area (Å²) >= 11 is 3.64. The highest BCUT2D eigenvalue weighted by molar-refractivity contribution is 7.27. The third-order valence-electron chi connectivity index (χ3n) is 23.6. The van der Waals surface area contributed by atoms with Crippen molar-refractivity contribution in [1.82, 2.24) is 4.57 Å². The van der Waals surface area contributed by atoms with Crippen molar-refractivity contribution in [3.05, 3.63) is 362 Å². The van der Waals surface area contributed by atoms with Crippen LogP contribution in [-0.2, 0) is 16.2 Å². The molecular formula is C108H84BN3S2. The third-order valence-corrected chi connectivity index (χ3v) is 26.0. The summed E-state index contributed by atoms with van der Waals surface area (Å²) in [5.41, 5.74) is 25.8. The first-order valence-corrected chi connectivity index (χ1v) is 41.1. The van der Waals surface area contributed by atoms with Crippen LogP contribution in [0.2, 0.25) is 0 Å². The van der Waals surface area contributed by atoms with Crippen LogP contribution in [0, 0.1) is 0 Å². The van der Waals surface area contributed by atoms with Crippen molar-refractivity contribution >= 4 is 142 Å². The number of benzene rings is 16. The Labute approximate surface area is 685 Å². The van der Waals surface area contributed by atoms with E-state index in [1.807, 2.05) is 65.9 Å². The van der Waals surface area contributed by atoms with Crippen LogP contribution in [0.4, 0.5) is 34.1 Å². The molecule has 0 radical (unpaired) electrons. The second kappa shape index (κ2) is 26.5. The molecule has 6 heteroatoms. The maximum Gasteiger partial charge on any atom is 0.252 e. The van der Waals surface area contributed by atoms with Gasteiger partial charge >= 0.3 is 0 Å². The first kappa shape index (κ1) is 62.0. The molecule has 0 aliphatic carbocycles. The lowest BCUT2D eigenvalue weighted by Gasteiger charge is -2.46. The Bertz CT molecular complexity index is 7510. The zero-order valence-corrected chi connectivity index (χ0v) is 66.7. The van der Waals surface area contributed by atoms with Crippen LogP contribution >= 0.6 is 22.7 Å². The molecule has 3 nitrogen and oxygen atoms in total. The summed E-state index contributed by atoms with van der Waals surface area (Å²) in [5, 5.41) is 4.73. The molecule has 0 bridgehead atoms. The lowest BCUT2D eigenvalue weighted by atomic mass is 9.33. The summed E-state index contributed by atoms with van der Waals surface area (Å²) in [6.45, 7) is 20.3. The Kier molecular flexibility index (Phi) is 14.4. The van der Waals surface area contributed by atoms with Gasteiger partial charge in [-0.2, -0.15) is 0 Å². The Hall–Kier alpha value is -12.6. The van der Waals surface area contributed by atoms with E-state index >= 15 is 0 Å². The van der Waals surface area contributed by atoms with E-state index in [2.05, 4.69) is 321 Å². The minimum Gasteiger partial charge on any atom is -0.310 e. The van der Waals surface area contributed by atoms with Gasteiger partial charge in [-0.25, -0.2) is 0 Å². The predicted octanol–water partition coefficient (Wildman–Crippen LogP) is 29.2. The summed E-state index contributed by atoms with van der Waals surface area (Å²) in [6.07, 6.45) is 0. The van der Waals surface area contributed by atoms with Crippen LogP contribution in [0.5, 0.6) is 0 Å². The van der Waals surface area contributed by atoms with Crippen molar-refractivity contribution in [3.8, 4) is 83.6 Å². The van der Waals surface area contributed by atoms with Gasteiger partial charge in [0.15, 0.2) is 0 Å². The standard InChI is InChI=1S/C108H84BN3S2/c1-106(2,3)77-57-76(58-78(61-77)107(4,5)6)75-50-53-89-93(60-75)111(102-84(68-34-17-11-18-35-68)65-86(70-38-21-13-22-39-70)104-99(102)82-45-26-29-48-97(82)113-104)95-62-79(108(7,8)9)63-96-101(95)109(89)90-54-52-80(110-91-47-28-25-44-81(91)88-59-74(51-55-92(88)110)73-43-31-42-72(56-73)67-32-15-10-16-33-67)64-94(90)112(96)103-85(69-36-19-12-20-37-69)66-87(71-40-23-14-24-41-71)105-100(103)83-46-27-30-49-98(83)114-105/h10-66H,1-9H3/i25D,28D,44D,47D,51D,55D,59D. The first-order chi connectivity index (χ1) is 58.4. The average molecular weight is 1510 g/mol. The van der Waals surface area contributed by atoms with E-state index in [0.717, 1.165) is 154 Å². The Morgan fingerprint density at radius 1 is 0.298 bits per heavy atom. The van der Waals surface area contributed by atoms with Gasteiger partial charge in [0, 0.05) is 102 Å². The Morgan fingerprint density at radius 2 is 0.719 bits per heavy atom. The molecule has 3 aromatic heterocycles. The molecule has 21 rings (SSSR count). The summed E-state index contributed by atoms with van der Waals surface area (Å²) in [7, 11) is 0. The summed E-state index contributed by atoms with van der Waals surface area (Å²) in [6, 6.07) is 108. The van der Waals surface area contributed by atoms with E-state index in [-0.39, 0.29) is 68.4 Å². The highest BCUT2D eigenvalue weighted by Crippen LogP contribution is 2.59. The Balaban J connectivity index is 0.949. The van der Waals surface area contributed by atoms with Gasteiger partial charge in [-0.1, -0.05) is 329 Å². The van der Waals surface area contributed by atoms with E-state index in [1.54, 1.807) is 15.9 Å². The number of nitrogens with zero attached hydrogens (tertiary/aromatic N) is 3. The van der Waals surface area contributed by atoms with Crippen molar-refractivity contribution < 1.29 is 9.60 Å². The van der Waals surface area contributed by atoms with Gasteiger partial charge in [0.05, 0.1) is 32.0 Å². The molecule has 0 amide bonds. The highest BCUT2D eigenvalue weighted by atomic mass is 32.1. The van der Waals surface area contributed by atoms with Crippen LogP contribution in [0.3, 0.4) is 0 Å². The monoisotopic (exact) mass is 1500 g/mol. The second-order valence-electron chi connectivity index (χ2n) is 33.8. The number of para-hydroxylation sites is 1. The first-order valence-electron chi connectivity index (χ1n) is 43.0. The van der Waals surface area contributed by atoms with Gasteiger partial charge < -0.3 is 14.4 Å². The van der Waals surface area contributed by atoms with Crippen LogP contribution in [-0.4, -0.2) is 11.3 Å². The molecule has 0 unspecified atom stereocenters. The molecule has 546 valence electrons. The van der Waals surface area contributed by atoms with Gasteiger partial charge in [-0.05, 0) is 184 Å². The fourth-order valence-corrected chi connectivity index (χ4v) is 20.3. The number of anilines is 6. The number of hydrogen-bond donors (Lipinski definition) is 0. The summed E-state index contributed by atoms with van der Waals surface area (Å²) in [5.74, 6) is 0. The highest BCUT2D eigenvalue weighted by Gasteiger charge is 2.47. The third kappa shape index (κ3) is 11.3. The van der Waals surface area contributed by atoms with Gasteiger partial charge in [-0.3, -0.25) is 0 Å². The maximum absolute atomic E-state index is 10.6. The number of thiophene rings is 2. The fourth-order valence-electron chi connectivity index (χ4n) is 17.8. The van der Waals surface area contributed by atoms with Crippen LogP contribution in [0.15, 0.2) is 346 Å². The molecule has 114 heavy (non-hydrogen) atoms. The van der Waals surface area contributed by atoms with Crippen LogP contribution in [0.25, 0.3) is 146 Å². The molecule has 0 saturated carbocycles. The van der Waals surface area contributed by atoms with Crippen molar-refractivity contribution in [2.75, 3.05) is 9.80 Å². The molecule has 0 spiro atoms. The molecule has 2 aliphatic rings.